The molecule has 2 aromatic rings. The lowest BCUT2D eigenvalue weighted by atomic mass is 9.94. The number of pyridine rings is 1. The van der Waals surface area contributed by atoms with E-state index < -0.39 is 0 Å². The first kappa shape index (κ1) is 21.0. The van der Waals surface area contributed by atoms with Crippen LogP contribution in [0.4, 0.5) is 11.6 Å². The van der Waals surface area contributed by atoms with E-state index in [2.05, 4.69) is 51.2 Å². The Labute approximate surface area is 174 Å². The van der Waals surface area contributed by atoms with E-state index in [9.17, 15) is 0 Å². The summed E-state index contributed by atoms with van der Waals surface area (Å²) < 4.78 is 0. The smallest absolute Gasteiger partial charge is 0.135 e. The fraction of sp³-hybridized carbons (Fsp3) is 0.435. The quantitative estimate of drug-likeness (QED) is 0.754. The second kappa shape index (κ2) is 9.18. The topological polar surface area (TPSA) is 57.2 Å². The highest BCUT2D eigenvalue weighted by Gasteiger charge is 2.24. The van der Waals surface area contributed by atoms with Crippen molar-refractivity contribution in [3.05, 3.63) is 66.0 Å². The number of hydrogen-bond donors (Lipinski definition) is 1. The third kappa shape index (κ3) is 5.64. The Bertz CT molecular complexity index is 891. The van der Waals surface area contributed by atoms with Crippen molar-refractivity contribution in [3.63, 3.8) is 0 Å². The Morgan fingerprint density at radius 3 is 2.76 bits per heavy atom. The van der Waals surface area contributed by atoms with Gasteiger partial charge in [0.05, 0.1) is 5.69 Å². The molecular weight excluding hydrogens is 360 g/mol. The summed E-state index contributed by atoms with van der Waals surface area (Å²) in [6.45, 7) is 17.2. The molecule has 1 N–H and O–H groups in total. The average Bonchev–Trinajstić information content (AvgIpc) is 2.67. The van der Waals surface area contributed by atoms with Crippen molar-refractivity contribution in [2.75, 3.05) is 32.0 Å². The number of nitrogens with zero attached hydrogens (tertiary/aromatic N) is 5. The lowest BCUT2D eigenvalue weighted by Gasteiger charge is -2.35. The molecule has 2 aromatic heterocycles. The summed E-state index contributed by atoms with van der Waals surface area (Å²) in [5.41, 5.74) is 4.34. The fourth-order valence-corrected chi connectivity index (χ4v) is 3.67. The van der Waals surface area contributed by atoms with E-state index in [1.807, 2.05) is 33.0 Å². The van der Waals surface area contributed by atoms with Gasteiger partial charge in [-0.2, -0.15) is 0 Å². The normalized spacial score (nSPS) is 17.0. The van der Waals surface area contributed by atoms with Gasteiger partial charge in [0.1, 0.15) is 17.5 Å². The van der Waals surface area contributed by atoms with Gasteiger partial charge in [-0.1, -0.05) is 13.2 Å². The molecule has 0 amide bonds. The predicted molar refractivity (Wildman–Crippen MR) is 119 cm³/mol. The van der Waals surface area contributed by atoms with Gasteiger partial charge in [-0.3, -0.25) is 4.90 Å². The number of allylic oxidation sites excluding steroid dienone is 1. The third-order valence-electron chi connectivity index (χ3n) is 5.41. The summed E-state index contributed by atoms with van der Waals surface area (Å²) in [7, 11) is 2.02. The zero-order valence-electron chi connectivity index (χ0n) is 18.1. The van der Waals surface area contributed by atoms with E-state index in [0.29, 0.717) is 5.92 Å². The molecule has 6 heteroatoms. The van der Waals surface area contributed by atoms with E-state index in [1.54, 1.807) is 6.20 Å². The van der Waals surface area contributed by atoms with Gasteiger partial charge >= 0.3 is 0 Å². The summed E-state index contributed by atoms with van der Waals surface area (Å²) in [5.74, 6) is 2.77. The van der Waals surface area contributed by atoms with Crippen molar-refractivity contribution >= 4 is 11.6 Å². The van der Waals surface area contributed by atoms with Gasteiger partial charge in [0.2, 0.25) is 0 Å². The van der Waals surface area contributed by atoms with Gasteiger partial charge in [-0.15, -0.1) is 0 Å². The summed E-state index contributed by atoms with van der Waals surface area (Å²) in [6, 6.07) is 6.07. The molecule has 0 saturated carbocycles. The minimum absolute atomic E-state index is 0.388. The second-order valence-corrected chi connectivity index (χ2v) is 8.00. The summed E-state index contributed by atoms with van der Waals surface area (Å²) in [6.07, 6.45) is 4.10. The zero-order valence-corrected chi connectivity index (χ0v) is 18.1. The highest BCUT2D eigenvalue weighted by molar-refractivity contribution is 5.52. The summed E-state index contributed by atoms with van der Waals surface area (Å²) >= 11 is 0. The van der Waals surface area contributed by atoms with Crippen LogP contribution in [0.5, 0.6) is 0 Å². The molecule has 6 nitrogen and oxygen atoms in total. The molecular formula is C23H32N6. The molecule has 1 aliphatic rings. The molecule has 0 radical (unpaired) electrons. The van der Waals surface area contributed by atoms with Crippen LogP contribution < -0.4 is 5.32 Å². The van der Waals surface area contributed by atoms with Crippen LogP contribution in [0.15, 0.2) is 48.9 Å². The number of aryl methyl sites for hydroxylation is 2. The van der Waals surface area contributed by atoms with E-state index in [4.69, 9.17) is 4.98 Å². The van der Waals surface area contributed by atoms with Crippen LogP contribution >= 0.6 is 0 Å². The minimum atomic E-state index is 0.388. The number of rotatable bonds is 7. The fourth-order valence-electron chi connectivity index (χ4n) is 3.67. The molecule has 1 atom stereocenters. The Hall–Kier alpha value is -2.73. The summed E-state index contributed by atoms with van der Waals surface area (Å²) in [4.78, 5) is 18.2. The van der Waals surface area contributed by atoms with E-state index in [1.165, 1.54) is 0 Å². The van der Waals surface area contributed by atoms with Crippen molar-refractivity contribution in [2.24, 2.45) is 0 Å². The number of hydrogen-bond acceptors (Lipinski definition) is 6. The second-order valence-electron chi connectivity index (χ2n) is 8.00. The van der Waals surface area contributed by atoms with Crippen molar-refractivity contribution in [1.29, 1.82) is 0 Å². The van der Waals surface area contributed by atoms with Crippen LogP contribution in [-0.4, -0.2) is 51.4 Å². The van der Waals surface area contributed by atoms with Gasteiger partial charge in [0.15, 0.2) is 0 Å². The molecule has 0 aromatic carbocycles. The van der Waals surface area contributed by atoms with Gasteiger partial charge in [-0.05, 0) is 57.9 Å². The van der Waals surface area contributed by atoms with Crippen molar-refractivity contribution in [1.82, 2.24) is 24.8 Å². The molecule has 1 saturated heterocycles. The van der Waals surface area contributed by atoms with Crippen LogP contribution in [0.3, 0.4) is 0 Å². The lowest BCUT2D eigenvalue weighted by Crippen LogP contribution is -2.38. The maximum atomic E-state index is 4.75. The third-order valence-corrected chi connectivity index (χ3v) is 5.41. The van der Waals surface area contributed by atoms with Gasteiger partial charge in [0, 0.05) is 49.7 Å². The van der Waals surface area contributed by atoms with Crippen LogP contribution in [0.2, 0.25) is 0 Å². The number of anilines is 2. The number of likely N-dealkylation sites (N-methyl/N-ethyl adjacent to an activating group) is 1. The molecule has 0 bridgehead atoms. The molecule has 3 rings (SSSR count). The van der Waals surface area contributed by atoms with E-state index >= 15 is 0 Å². The van der Waals surface area contributed by atoms with Gasteiger partial charge in [0.25, 0.3) is 0 Å². The molecule has 3 heterocycles. The first-order valence-electron chi connectivity index (χ1n) is 10.2. The maximum absolute atomic E-state index is 4.75. The standard InChI is InChI=1S/C23H32N6/c1-16(2)28(6)18(4)14-29-11-7-8-20(15-29)21-13-23(26-19(5)25-21)27-22-12-17(3)9-10-24-22/h9-10,12-13,20H,1,4,7-8,11,14-15H2,2-3,5-6H3,(H,24,25,26,27). The highest BCUT2D eigenvalue weighted by Crippen LogP contribution is 2.28. The Morgan fingerprint density at radius 2 is 2.03 bits per heavy atom. The number of likely N-dealkylation sites (tertiary alicyclic amines) is 1. The zero-order chi connectivity index (χ0) is 21.0. The molecule has 0 aliphatic carbocycles. The van der Waals surface area contributed by atoms with Crippen LogP contribution in [0.25, 0.3) is 0 Å². The van der Waals surface area contributed by atoms with Crippen molar-refractivity contribution in [3.8, 4) is 0 Å². The van der Waals surface area contributed by atoms with E-state index in [-0.39, 0.29) is 0 Å². The van der Waals surface area contributed by atoms with Gasteiger partial charge in [-0.25, -0.2) is 15.0 Å². The maximum Gasteiger partial charge on any atom is 0.135 e. The molecule has 1 unspecified atom stereocenters. The Kier molecular flexibility index (Phi) is 6.64. The van der Waals surface area contributed by atoms with Gasteiger partial charge < -0.3 is 10.2 Å². The largest absolute Gasteiger partial charge is 0.352 e. The number of aromatic nitrogens is 3. The number of nitrogens with one attached hydrogen (secondary N) is 1. The average molecular weight is 393 g/mol. The summed E-state index contributed by atoms with van der Waals surface area (Å²) in [5, 5.41) is 3.33. The van der Waals surface area contributed by atoms with E-state index in [0.717, 1.165) is 72.6 Å². The Morgan fingerprint density at radius 1 is 1.24 bits per heavy atom. The monoisotopic (exact) mass is 392 g/mol. The van der Waals surface area contributed by atoms with Crippen molar-refractivity contribution < 1.29 is 0 Å². The molecule has 1 aliphatic heterocycles. The first-order chi connectivity index (χ1) is 13.8. The van der Waals surface area contributed by atoms with Crippen LogP contribution in [0, 0.1) is 13.8 Å². The van der Waals surface area contributed by atoms with Crippen molar-refractivity contribution in [2.45, 2.75) is 39.5 Å². The minimum Gasteiger partial charge on any atom is -0.352 e. The first-order valence-corrected chi connectivity index (χ1v) is 10.2. The highest BCUT2D eigenvalue weighted by atomic mass is 15.2. The predicted octanol–water partition coefficient (Wildman–Crippen LogP) is 4.39. The molecule has 154 valence electrons. The number of piperidine rings is 1. The Balaban J connectivity index is 1.71. The molecule has 0 spiro atoms. The SMILES string of the molecule is C=C(C)N(C)C(=C)CN1CCCC(c2cc(Nc3cc(C)ccn3)nc(C)n2)C1. The molecule has 29 heavy (non-hydrogen) atoms. The van der Waals surface area contributed by atoms with Crippen LogP contribution in [0.1, 0.15) is 42.8 Å². The van der Waals surface area contributed by atoms with Crippen LogP contribution in [-0.2, 0) is 0 Å². The molecule has 1 fully saturated rings. The lowest BCUT2D eigenvalue weighted by molar-refractivity contribution is 0.210.